The Labute approximate surface area is 186 Å². The van der Waals surface area contributed by atoms with Gasteiger partial charge in [0.2, 0.25) is 0 Å². The van der Waals surface area contributed by atoms with Crippen molar-refractivity contribution in [3.8, 4) is 5.75 Å². The van der Waals surface area contributed by atoms with E-state index in [2.05, 4.69) is 19.1 Å². The lowest BCUT2D eigenvalue weighted by Gasteiger charge is -2.20. The molecule has 1 aromatic carbocycles. The molecule has 0 aromatic heterocycles. The zero-order valence-electron chi connectivity index (χ0n) is 19.6. The molecule has 172 valence electrons. The standard InChI is InChI=1S/C25H36O6/c1-18(10-13-22-17-30-25(3,4)31-22)8-7-9-19(2)23(24(26)28-6)29-16-20-11-14-21(27-5)15-12-20/h7,9-12,14-15,19,22-23H,8,13,16-17H2,1-6H3/t19-,22-,23+/m0/s1. The average molecular weight is 433 g/mol. The molecule has 6 nitrogen and oxygen atoms in total. The van der Waals surface area contributed by atoms with Crippen LogP contribution in [0.5, 0.6) is 5.75 Å². The van der Waals surface area contributed by atoms with E-state index in [4.69, 9.17) is 23.7 Å². The molecule has 1 fully saturated rings. The van der Waals surface area contributed by atoms with E-state index in [1.807, 2.05) is 51.1 Å². The largest absolute Gasteiger partial charge is 0.497 e. The second-order valence-electron chi connectivity index (χ2n) is 8.33. The lowest BCUT2D eigenvalue weighted by atomic mass is 10.0. The Morgan fingerprint density at radius 1 is 1.26 bits per heavy atom. The second-order valence-corrected chi connectivity index (χ2v) is 8.33. The molecule has 1 saturated heterocycles. The summed E-state index contributed by atoms with van der Waals surface area (Å²) in [5.74, 6) is -0.204. The van der Waals surface area contributed by atoms with Crippen LogP contribution in [0, 0.1) is 5.92 Å². The third-order valence-corrected chi connectivity index (χ3v) is 5.18. The fourth-order valence-corrected chi connectivity index (χ4v) is 3.32. The van der Waals surface area contributed by atoms with Gasteiger partial charge < -0.3 is 23.7 Å². The number of ether oxygens (including phenoxy) is 5. The molecule has 0 unspecified atom stereocenters. The minimum Gasteiger partial charge on any atom is -0.497 e. The maximum atomic E-state index is 12.2. The van der Waals surface area contributed by atoms with Gasteiger partial charge in [0.25, 0.3) is 0 Å². The Morgan fingerprint density at radius 2 is 1.97 bits per heavy atom. The van der Waals surface area contributed by atoms with Gasteiger partial charge in [-0.15, -0.1) is 0 Å². The van der Waals surface area contributed by atoms with Crippen LogP contribution in [-0.2, 0) is 30.3 Å². The van der Waals surface area contributed by atoms with Crippen LogP contribution >= 0.6 is 0 Å². The van der Waals surface area contributed by atoms with Gasteiger partial charge in [-0.3, -0.25) is 0 Å². The SMILES string of the molecule is COC(=O)[C@H](OCc1ccc(OC)cc1)[C@@H](C)C=CCC(C)=CC[C@H]1COC(C)(C)O1. The first-order valence-corrected chi connectivity index (χ1v) is 10.7. The fraction of sp³-hybridized carbons (Fsp3) is 0.560. The van der Waals surface area contributed by atoms with Gasteiger partial charge >= 0.3 is 5.97 Å². The number of hydrogen-bond acceptors (Lipinski definition) is 6. The van der Waals surface area contributed by atoms with Crippen molar-refractivity contribution in [1.82, 2.24) is 0 Å². The summed E-state index contributed by atoms with van der Waals surface area (Å²) in [6.45, 7) is 8.85. The summed E-state index contributed by atoms with van der Waals surface area (Å²) < 4.78 is 27.4. The maximum absolute atomic E-state index is 12.2. The van der Waals surface area contributed by atoms with Gasteiger partial charge in [-0.05, 0) is 51.3 Å². The van der Waals surface area contributed by atoms with Gasteiger partial charge in [0.1, 0.15) is 5.75 Å². The summed E-state index contributed by atoms with van der Waals surface area (Å²) in [7, 11) is 3.01. The van der Waals surface area contributed by atoms with Gasteiger partial charge in [-0.25, -0.2) is 4.79 Å². The number of carbonyl (C=O) groups is 1. The van der Waals surface area contributed by atoms with Gasteiger partial charge in [0, 0.05) is 5.92 Å². The van der Waals surface area contributed by atoms with Crippen molar-refractivity contribution in [3.63, 3.8) is 0 Å². The molecule has 0 saturated carbocycles. The molecule has 0 N–H and O–H groups in total. The molecule has 1 aromatic rings. The van der Waals surface area contributed by atoms with E-state index < -0.39 is 11.9 Å². The zero-order chi connectivity index (χ0) is 22.9. The third-order valence-electron chi connectivity index (χ3n) is 5.18. The van der Waals surface area contributed by atoms with Gasteiger partial charge in [-0.2, -0.15) is 0 Å². The molecule has 0 aliphatic carbocycles. The number of benzene rings is 1. The highest BCUT2D eigenvalue weighted by Crippen LogP contribution is 2.25. The molecule has 1 heterocycles. The smallest absolute Gasteiger partial charge is 0.335 e. The van der Waals surface area contributed by atoms with E-state index in [1.54, 1.807) is 7.11 Å². The predicted octanol–water partition coefficient (Wildman–Crippen LogP) is 4.82. The number of carbonyl (C=O) groups excluding carboxylic acids is 1. The van der Waals surface area contributed by atoms with Crippen molar-refractivity contribution in [3.05, 3.63) is 53.6 Å². The average Bonchev–Trinajstić information content (AvgIpc) is 3.11. The van der Waals surface area contributed by atoms with E-state index in [0.29, 0.717) is 13.2 Å². The third kappa shape index (κ3) is 8.48. The summed E-state index contributed by atoms with van der Waals surface area (Å²) >= 11 is 0. The number of hydrogen-bond donors (Lipinski definition) is 0. The maximum Gasteiger partial charge on any atom is 0.335 e. The van der Waals surface area contributed by atoms with Crippen LogP contribution in [-0.4, -0.2) is 44.8 Å². The quantitative estimate of drug-likeness (QED) is 0.369. The van der Waals surface area contributed by atoms with E-state index in [9.17, 15) is 4.79 Å². The number of methoxy groups -OCH3 is 2. The first kappa shape index (κ1) is 25.1. The van der Waals surface area contributed by atoms with E-state index in [0.717, 1.165) is 24.2 Å². The number of esters is 1. The Balaban J connectivity index is 1.85. The van der Waals surface area contributed by atoms with Crippen LogP contribution in [0.2, 0.25) is 0 Å². The lowest BCUT2D eigenvalue weighted by Crippen LogP contribution is -2.31. The summed E-state index contributed by atoms with van der Waals surface area (Å²) in [5, 5.41) is 0. The summed E-state index contributed by atoms with van der Waals surface area (Å²) in [4.78, 5) is 12.2. The molecule has 1 aliphatic rings. The van der Waals surface area contributed by atoms with Crippen molar-refractivity contribution in [2.75, 3.05) is 20.8 Å². The molecule has 0 radical (unpaired) electrons. The molecular weight excluding hydrogens is 396 g/mol. The van der Waals surface area contributed by atoms with Crippen molar-refractivity contribution in [2.24, 2.45) is 5.92 Å². The minimum atomic E-state index is -0.668. The molecule has 0 spiro atoms. The Kier molecular flexibility index (Phi) is 9.75. The highest BCUT2D eigenvalue weighted by molar-refractivity contribution is 5.75. The number of allylic oxidation sites excluding steroid dienone is 2. The predicted molar refractivity (Wildman–Crippen MR) is 120 cm³/mol. The summed E-state index contributed by atoms with van der Waals surface area (Å²) in [6.07, 6.45) is 7.32. The van der Waals surface area contributed by atoms with Crippen LogP contribution < -0.4 is 4.74 Å². The van der Waals surface area contributed by atoms with E-state index >= 15 is 0 Å². The molecule has 3 atom stereocenters. The zero-order valence-corrected chi connectivity index (χ0v) is 19.6. The van der Waals surface area contributed by atoms with Gasteiger partial charge in [0.05, 0.1) is 33.5 Å². The van der Waals surface area contributed by atoms with Crippen molar-refractivity contribution >= 4 is 5.97 Å². The molecule has 0 amide bonds. The topological polar surface area (TPSA) is 63.2 Å². The Hall–Kier alpha value is -2.15. The summed E-state index contributed by atoms with van der Waals surface area (Å²) in [5.41, 5.74) is 2.21. The monoisotopic (exact) mass is 432 g/mol. The number of rotatable bonds is 11. The van der Waals surface area contributed by atoms with Crippen molar-refractivity contribution < 1.29 is 28.5 Å². The fourth-order valence-electron chi connectivity index (χ4n) is 3.32. The molecule has 6 heteroatoms. The minimum absolute atomic E-state index is 0.0999. The Morgan fingerprint density at radius 3 is 2.55 bits per heavy atom. The van der Waals surface area contributed by atoms with Crippen LogP contribution in [0.25, 0.3) is 0 Å². The van der Waals surface area contributed by atoms with Crippen LogP contribution in [0.15, 0.2) is 48.1 Å². The van der Waals surface area contributed by atoms with Crippen LogP contribution in [0.3, 0.4) is 0 Å². The summed E-state index contributed by atoms with van der Waals surface area (Å²) in [6, 6.07) is 7.58. The molecule has 2 rings (SSSR count). The molecule has 31 heavy (non-hydrogen) atoms. The van der Waals surface area contributed by atoms with E-state index in [-0.39, 0.29) is 18.0 Å². The first-order valence-electron chi connectivity index (χ1n) is 10.7. The molecule has 0 bridgehead atoms. The van der Waals surface area contributed by atoms with Crippen LogP contribution in [0.4, 0.5) is 0 Å². The first-order chi connectivity index (χ1) is 14.7. The Bertz CT molecular complexity index is 750. The lowest BCUT2D eigenvalue weighted by molar-refractivity contribution is -0.157. The van der Waals surface area contributed by atoms with Crippen LogP contribution in [0.1, 0.15) is 46.1 Å². The normalized spacial score (nSPS) is 20.6. The second kappa shape index (κ2) is 12.0. The highest BCUT2D eigenvalue weighted by atomic mass is 16.7. The van der Waals surface area contributed by atoms with Crippen molar-refractivity contribution in [2.45, 2.75) is 65.1 Å². The highest BCUT2D eigenvalue weighted by Gasteiger charge is 2.31. The van der Waals surface area contributed by atoms with Crippen molar-refractivity contribution in [1.29, 1.82) is 0 Å². The van der Waals surface area contributed by atoms with E-state index in [1.165, 1.54) is 12.7 Å². The van der Waals surface area contributed by atoms with Gasteiger partial charge in [-0.1, -0.05) is 42.9 Å². The molecule has 1 aliphatic heterocycles. The molecular formula is C25H36O6. The van der Waals surface area contributed by atoms with Gasteiger partial charge in [0.15, 0.2) is 11.9 Å².